The first-order chi connectivity index (χ1) is 2.47. The van der Waals surface area contributed by atoms with Crippen LogP contribution in [0, 0.1) is 0 Å². The fourth-order valence-corrected chi connectivity index (χ4v) is 3.62. The van der Waals surface area contributed by atoms with Crippen molar-refractivity contribution in [3.63, 3.8) is 0 Å². The van der Waals surface area contributed by atoms with Crippen molar-refractivity contribution in [3.05, 3.63) is 0 Å². The normalized spacial score (nSPS) is 42.8. The molecule has 0 aromatic carbocycles. The molecule has 38 valence electrons. The van der Waals surface area contributed by atoms with Crippen molar-refractivity contribution in [1.29, 1.82) is 0 Å². The van der Waals surface area contributed by atoms with Gasteiger partial charge in [-0.15, -0.1) is 0 Å². The van der Waals surface area contributed by atoms with Crippen molar-refractivity contribution in [2.24, 2.45) is 0 Å². The second-order valence-corrected chi connectivity index (χ2v) is 11.3. The maximum absolute atomic E-state index is 8.26. The van der Waals surface area contributed by atoms with Gasteiger partial charge >= 0.3 is 41.2 Å². The SMILES string of the molecule is OP1(O)(O)SS1. The second kappa shape index (κ2) is 0.891. The summed E-state index contributed by atoms with van der Waals surface area (Å²) < 4.78 is 0. The van der Waals surface area contributed by atoms with Crippen molar-refractivity contribution in [1.82, 2.24) is 0 Å². The topological polar surface area (TPSA) is 60.7 Å². The van der Waals surface area contributed by atoms with Crippen LogP contribution in [0.5, 0.6) is 0 Å². The van der Waals surface area contributed by atoms with Gasteiger partial charge in [0.05, 0.1) is 0 Å². The molecular formula is H3O3PS2. The van der Waals surface area contributed by atoms with Gasteiger partial charge in [-0.1, -0.05) is 0 Å². The Hall–Kier alpha value is 1.01. The van der Waals surface area contributed by atoms with Gasteiger partial charge in [-0.25, -0.2) is 0 Å². The van der Waals surface area contributed by atoms with Crippen LogP contribution in [0.15, 0.2) is 0 Å². The molecular weight excluding hydrogens is 143 g/mol. The Labute approximate surface area is 41.8 Å². The van der Waals surface area contributed by atoms with E-state index in [2.05, 4.69) is 0 Å². The molecule has 1 rings (SSSR count). The van der Waals surface area contributed by atoms with E-state index in [4.69, 9.17) is 14.7 Å². The fraction of sp³-hybridized carbons (Fsp3) is 0. The van der Waals surface area contributed by atoms with Gasteiger partial charge in [-0.05, 0) is 0 Å². The Morgan fingerprint density at radius 3 is 1.17 bits per heavy atom. The van der Waals surface area contributed by atoms with E-state index in [0.717, 1.165) is 20.8 Å². The van der Waals surface area contributed by atoms with Gasteiger partial charge in [0.2, 0.25) is 0 Å². The van der Waals surface area contributed by atoms with Crippen molar-refractivity contribution in [2.45, 2.75) is 0 Å². The molecule has 0 aromatic heterocycles. The summed E-state index contributed by atoms with van der Waals surface area (Å²) >= 11 is 0. The van der Waals surface area contributed by atoms with Crippen LogP contribution in [0.2, 0.25) is 0 Å². The molecule has 1 aliphatic heterocycles. The molecule has 1 heterocycles. The number of rotatable bonds is 0. The van der Waals surface area contributed by atoms with Gasteiger partial charge < -0.3 is 0 Å². The van der Waals surface area contributed by atoms with Crippen LogP contribution in [0.1, 0.15) is 0 Å². The van der Waals surface area contributed by atoms with E-state index in [0.29, 0.717) is 0 Å². The quantitative estimate of drug-likeness (QED) is 0.264. The molecule has 6 heavy (non-hydrogen) atoms. The van der Waals surface area contributed by atoms with E-state index < -0.39 is 5.69 Å². The van der Waals surface area contributed by atoms with Gasteiger partial charge in [0, 0.05) is 0 Å². The summed E-state index contributed by atoms with van der Waals surface area (Å²) in [6.07, 6.45) is 0. The third kappa shape index (κ3) is 1.26. The van der Waals surface area contributed by atoms with Crippen LogP contribution in [-0.2, 0) is 0 Å². The Kier molecular flexibility index (Phi) is 0.765. The molecule has 0 atom stereocenters. The van der Waals surface area contributed by atoms with E-state index in [1.165, 1.54) is 0 Å². The van der Waals surface area contributed by atoms with Gasteiger partial charge in [-0.3, -0.25) is 0 Å². The van der Waals surface area contributed by atoms with E-state index in [1.54, 1.807) is 0 Å². The molecule has 0 aliphatic carbocycles. The molecule has 1 saturated heterocycles. The number of hydrogen-bond donors (Lipinski definition) is 3. The summed E-state index contributed by atoms with van der Waals surface area (Å²) in [5.74, 6) is 0. The zero-order chi connectivity index (χ0) is 4.86. The average Bonchev–Trinajstić information content (AvgIpc) is 1.73. The molecule has 6 heteroatoms. The summed E-state index contributed by atoms with van der Waals surface area (Å²) in [4.78, 5) is 24.8. The monoisotopic (exact) mass is 146 g/mol. The predicted octanol–water partition coefficient (Wildman–Crippen LogP) is 0.487. The third-order valence-electron chi connectivity index (χ3n) is 0.275. The third-order valence-corrected chi connectivity index (χ3v) is 7.41. The van der Waals surface area contributed by atoms with Crippen LogP contribution in [-0.4, -0.2) is 14.7 Å². The van der Waals surface area contributed by atoms with Crippen LogP contribution < -0.4 is 0 Å². The summed E-state index contributed by atoms with van der Waals surface area (Å²) in [5.41, 5.74) is -3.97. The zero-order valence-corrected chi connectivity index (χ0v) is 5.13. The molecule has 0 aromatic rings. The first kappa shape index (κ1) is 5.15. The fourth-order valence-electron chi connectivity index (χ4n) is 0.0447. The van der Waals surface area contributed by atoms with Gasteiger partial charge in [0.25, 0.3) is 0 Å². The summed E-state index contributed by atoms with van der Waals surface area (Å²) in [7, 11) is 1.48. The molecule has 1 aliphatic rings. The Bertz CT molecular complexity index is 72.5. The molecule has 0 radical (unpaired) electrons. The molecule has 0 amide bonds. The molecule has 3 N–H and O–H groups in total. The summed E-state index contributed by atoms with van der Waals surface area (Å²) in [6, 6.07) is 0. The molecule has 0 spiro atoms. The summed E-state index contributed by atoms with van der Waals surface area (Å²) in [6.45, 7) is 0. The predicted molar refractivity (Wildman–Crippen MR) is 28.8 cm³/mol. The molecule has 1 fully saturated rings. The van der Waals surface area contributed by atoms with Crippen molar-refractivity contribution >= 4 is 26.5 Å². The van der Waals surface area contributed by atoms with Gasteiger partial charge in [0.15, 0.2) is 0 Å². The van der Waals surface area contributed by atoms with Crippen molar-refractivity contribution in [3.8, 4) is 0 Å². The minimum atomic E-state index is -3.97. The minimum absolute atomic E-state index is 0.742. The first-order valence-corrected chi connectivity index (χ1v) is 6.59. The molecule has 0 saturated carbocycles. The van der Waals surface area contributed by atoms with E-state index in [9.17, 15) is 0 Å². The molecule has 3 nitrogen and oxygen atoms in total. The van der Waals surface area contributed by atoms with E-state index >= 15 is 0 Å². The van der Waals surface area contributed by atoms with Gasteiger partial charge in [-0.2, -0.15) is 0 Å². The van der Waals surface area contributed by atoms with Crippen LogP contribution in [0.4, 0.5) is 0 Å². The van der Waals surface area contributed by atoms with Crippen LogP contribution in [0.3, 0.4) is 0 Å². The Balaban J connectivity index is 2.67. The summed E-state index contributed by atoms with van der Waals surface area (Å²) in [5, 5.41) is 0. The van der Waals surface area contributed by atoms with E-state index in [1.807, 2.05) is 0 Å². The Morgan fingerprint density at radius 1 is 1.00 bits per heavy atom. The van der Waals surface area contributed by atoms with Crippen molar-refractivity contribution in [2.75, 3.05) is 0 Å². The molecule has 0 bridgehead atoms. The average molecular weight is 146 g/mol. The zero-order valence-electron chi connectivity index (χ0n) is 2.61. The Morgan fingerprint density at radius 2 is 1.17 bits per heavy atom. The van der Waals surface area contributed by atoms with Crippen LogP contribution in [0.25, 0.3) is 0 Å². The van der Waals surface area contributed by atoms with E-state index in [-0.39, 0.29) is 0 Å². The van der Waals surface area contributed by atoms with Crippen molar-refractivity contribution < 1.29 is 14.7 Å². The second-order valence-electron chi connectivity index (χ2n) is 0.982. The van der Waals surface area contributed by atoms with Gasteiger partial charge in [0.1, 0.15) is 0 Å². The number of hydrogen-bond acceptors (Lipinski definition) is 5. The standard InChI is InChI=1S/H3O3PS2/c1-4(2,3)5-6-4/h1-3H. The first-order valence-electron chi connectivity index (χ1n) is 1.13. The molecule has 0 unspecified atom stereocenters. The van der Waals surface area contributed by atoms with Crippen LogP contribution >= 0.6 is 26.5 Å². The maximum atomic E-state index is 8.26.